The minimum absolute atomic E-state index is 0.247. The van der Waals surface area contributed by atoms with E-state index in [-0.39, 0.29) is 5.91 Å². The summed E-state index contributed by atoms with van der Waals surface area (Å²) >= 11 is 0. The number of benzene rings is 1. The highest BCUT2D eigenvalue weighted by Gasteiger charge is 2.33. The largest absolute Gasteiger partial charge is 0.497 e. The summed E-state index contributed by atoms with van der Waals surface area (Å²) in [5, 5.41) is 0. The Labute approximate surface area is 155 Å². The first-order valence-corrected chi connectivity index (χ1v) is 9.23. The van der Waals surface area contributed by atoms with Gasteiger partial charge in [-0.05, 0) is 48.4 Å². The Morgan fingerprint density at radius 3 is 2.46 bits per heavy atom. The topological polar surface area (TPSA) is 45.7 Å². The number of nitrogens with zero attached hydrogens (tertiary/aromatic N) is 3. The third kappa shape index (κ3) is 4.61. The summed E-state index contributed by atoms with van der Waals surface area (Å²) in [6, 6.07) is 12.5. The van der Waals surface area contributed by atoms with E-state index in [1.165, 1.54) is 11.1 Å². The van der Waals surface area contributed by atoms with Crippen molar-refractivity contribution in [2.45, 2.75) is 32.4 Å². The molecule has 0 spiro atoms. The third-order valence-electron chi connectivity index (χ3n) is 5.06. The van der Waals surface area contributed by atoms with E-state index in [0.29, 0.717) is 12.5 Å². The van der Waals surface area contributed by atoms with Crippen LogP contribution in [0.4, 0.5) is 0 Å². The number of likely N-dealkylation sites (N-methyl/N-ethyl adjacent to an activating group) is 1. The van der Waals surface area contributed by atoms with Crippen LogP contribution in [0.5, 0.6) is 5.75 Å². The van der Waals surface area contributed by atoms with Crippen LogP contribution in [0.1, 0.15) is 24.5 Å². The van der Waals surface area contributed by atoms with Crippen molar-refractivity contribution in [3.63, 3.8) is 0 Å². The molecule has 3 rings (SSSR count). The van der Waals surface area contributed by atoms with Gasteiger partial charge in [0.25, 0.3) is 0 Å². The first-order valence-electron chi connectivity index (χ1n) is 9.23. The molecule has 1 aromatic carbocycles. The summed E-state index contributed by atoms with van der Waals surface area (Å²) in [5.74, 6) is 1.09. The number of pyridine rings is 1. The number of ether oxygens (including phenoxy) is 1. The monoisotopic (exact) mass is 353 g/mol. The number of likely N-dealkylation sites (tertiary alicyclic amines) is 1. The molecule has 138 valence electrons. The molecule has 1 aliphatic heterocycles. The maximum Gasteiger partial charge on any atom is 0.223 e. The van der Waals surface area contributed by atoms with E-state index in [9.17, 15) is 4.79 Å². The Morgan fingerprint density at radius 1 is 1.15 bits per heavy atom. The Bertz CT molecular complexity index is 697. The molecule has 5 heteroatoms. The predicted molar refractivity (Wildman–Crippen MR) is 102 cm³/mol. The van der Waals surface area contributed by atoms with Gasteiger partial charge in [-0.3, -0.25) is 14.7 Å². The van der Waals surface area contributed by atoms with E-state index in [1.807, 2.05) is 41.6 Å². The van der Waals surface area contributed by atoms with Gasteiger partial charge in [0, 0.05) is 44.5 Å². The van der Waals surface area contributed by atoms with Crippen molar-refractivity contribution in [2.75, 3.05) is 26.7 Å². The Hall–Kier alpha value is -2.40. The maximum atomic E-state index is 12.4. The second-order valence-electron chi connectivity index (χ2n) is 6.72. The molecule has 1 aromatic heterocycles. The Kier molecular flexibility index (Phi) is 6.23. The molecule has 2 heterocycles. The Morgan fingerprint density at radius 2 is 1.85 bits per heavy atom. The van der Waals surface area contributed by atoms with Gasteiger partial charge >= 0.3 is 0 Å². The van der Waals surface area contributed by atoms with Crippen LogP contribution in [0.25, 0.3) is 0 Å². The van der Waals surface area contributed by atoms with Crippen molar-refractivity contribution in [3.05, 3.63) is 59.9 Å². The highest BCUT2D eigenvalue weighted by Crippen LogP contribution is 2.19. The number of carbonyl (C=O) groups is 1. The van der Waals surface area contributed by atoms with Crippen LogP contribution in [0.2, 0.25) is 0 Å². The number of carbonyl (C=O) groups excluding carboxylic acids is 1. The average Bonchev–Trinajstić information content (AvgIpc) is 2.65. The smallest absolute Gasteiger partial charge is 0.223 e. The maximum absolute atomic E-state index is 12.4. The summed E-state index contributed by atoms with van der Waals surface area (Å²) in [4.78, 5) is 20.9. The molecule has 0 aliphatic carbocycles. The molecule has 26 heavy (non-hydrogen) atoms. The molecule has 0 atom stereocenters. The van der Waals surface area contributed by atoms with Gasteiger partial charge in [0.2, 0.25) is 5.91 Å². The van der Waals surface area contributed by atoms with E-state index in [1.54, 1.807) is 7.11 Å². The fourth-order valence-electron chi connectivity index (χ4n) is 3.31. The van der Waals surface area contributed by atoms with E-state index in [2.05, 4.69) is 28.9 Å². The summed E-state index contributed by atoms with van der Waals surface area (Å²) in [6.45, 7) is 5.74. The highest BCUT2D eigenvalue weighted by atomic mass is 16.5. The molecule has 1 fully saturated rings. The minimum Gasteiger partial charge on any atom is -0.497 e. The fraction of sp³-hybridized carbons (Fsp3) is 0.429. The van der Waals surface area contributed by atoms with Gasteiger partial charge in [-0.15, -0.1) is 0 Å². The van der Waals surface area contributed by atoms with E-state index in [4.69, 9.17) is 4.74 Å². The molecule has 0 radical (unpaired) electrons. The number of aryl methyl sites for hydroxylation is 1. The van der Waals surface area contributed by atoms with Gasteiger partial charge in [0.05, 0.1) is 7.11 Å². The van der Waals surface area contributed by atoms with Gasteiger partial charge in [-0.2, -0.15) is 0 Å². The van der Waals surface area contributed by atoms with Crippen LogP contribution in [0.15, 0.2) is 48.8 Å². The van der Waals surface area contributed by atoms with Crippen molar-refractivity contribution in [3.8, 4) is 5.75 Å². The average molecular weight is 353 g/mol. The van der Waals surface area contributed by atoms with Crippen molar-refractivity contribution in [1.29, 1.82) is 0 Å². The number of hydrogen-bond donors (Lipinski definition) is 0. The molecule has 1 aliphatic rings. The second-order valence-corrected chi connectivity index (χ2v) is 6.72. The lowest BCUT2D eigenvalue weighted by Gasteiger charge is -2.45. The zero-order valence-electron chi connectivity index (χ0n) is 15.6. The number of amides is 1. The van der Waals surface area contributed by atoms with Crippen LogP contribution >= 0.6 is 0 Å². The molecular formula is C21H27N3O2. The summed E-state index contributed by atoms with van der Waals surface area (Å²) in [5.41, 5.74) is 2.44. The lowest BCUT2D eigenvalue weighted by atomic mass is 10.0. The standard InChI is InChI=1S/C21H27N3O2/c1-3-23(14-18-10-12-22-13-11-18)19-15-24(16-19)21(25)9-6-17-4-7-20(26-2)8-5-17/h4-5,7-8,10-13,19H,3,6,9,14-16H2,1-2H3. The molecule has 0 bridgehead atoms. The first kappa shape index (κ1) is 18.4. The number of hydrogen-bond acceptors (Lipinski definition) is 4. The van der Waals surface area contributed by atoms with Gasteiger partial charge in [-0.25, -0.2) is 0 Å². The van der Waals surface area contributed by atoms with Gasteiger partial charge in [0.1, 0.15) is 5.75 Å². The van der Waals surface area contributed by atoms with E-state index >= 15 is 0 Å². The minimum atomic E-state index is 0.247. The highest BCUT2D eigenvalue weighted by molar-refractivity contribution is 5.77. The second kappa shape index (κ2) is 8.81. The van der Waals surface area contributed by atoms with Crippen molar-refractivity contribution < 1.29 is 9.53 Å². The lowest BCUT2D eigenvalue weighted by Crippen LogP contribution is -2.60. The number of aromatic nitrogens is 1. The van der Waals surface area contributed by atoms with Crippen LogP contribution in [0, 0.1) is 0 Å². The molecular weight excluding hydrogens is 326 g/mol. The molecule has 0 saturated carbocycles. The normalized spacial score (nSPS) is 14.3. The van der Waals surface area contributed by atoms with Crippen LogP contribution in [-0.4, -0.2) is 53.5 Å². The van der Waals surface area contributed by atoms with Crippen molar-refractivity contribution in [2.24, 2.45) is 0 Å². The number of rotatable bonds is 8. The zero-order valence-corrected chi connectivity index (χ0v) is 15.6. The Balaban J connectivity index is 1.43. The SMILES string of the molecule is CCN(Cc1ccncc1)C1CN(C(=O)CCc2ccc(OC)cc2)C1. The summed E-state index contributed by atoms with van der Waals surface area (Å²) in [7, 11) is 1.66. The van der Waals surface area contributed by atoms with Crippen LogP contribution in [-0.2, 0) is 17.8 Å². The van der Waals surface area contributed by atoms with Gasteiger partial charge in [-0.1, -0.05) is 19.1 Å². The molecule has 1 saturated heterocycles. The lowest BCUT2D eigenvalue weighted by molar-refractivity contribution is -0.138. The molecule has 0 N–H and O–H groups in total. The van der Waals surface area contributed by atoms with Crippen LogP contribution in [0.3, 0.4) is 0 Å². The predicted octanol–water partition coefficient (Wildman–Crippen LogP) is 2.76. The molecule has 0 unspecified atom stereocenters. The van der Waals surface area contributed by atoms with Crippen molar-refractivity contribution in [1.82, 2.24) is 14.8 Å². The first-order chi connectivity index (χ1) is 12.7. The van der Waals surface area contributed by atoms with E-state index < -0.39 is 0 Å². The third-order valence-corrected chi connectivity index (χ3v) is 5.06. The molecule has 2 aromatic rings. The summed E-state index contributed by atoms with van der Waals surface area (Å²) < 4.78 is 5.16. The van der Waals surface area contributed by atoms with Crippen molar-refractivity contribution >= 4 is 5.91 Å². The van der Waals surface area contributed by atoms with Gasteiger partial charge < -0.3 is 9.64 Å². The summed E-state index contributed by atoms with van der Waals surface area (Å²) in [6.07, 6.45) is 5.01. The number of methoxy groups -OCH3 is 1. The quantitative estimate of drug-likeness (QED) is 0.732. The van der Waals surface area contributed by atoms with Crippen LogP contribution < -0.4 is 4.74 Å². The fourth-order valence-corrected chi connectivity index (χ4v) is 3.31. The van der Waals surface area contributed by atoms with E-state index in [0.717, 1.165) is 38.3 Å². The molecule has 5 nitrogen and oxygen atoms in total. The van der Waals surface area contributed by atoms with Gasteiger partial charge in [0.15, 0.2) is 0 Å². The molecule has 1 amide bonds. The zero-order chi connectivity index (χ0) is 18.4.